The van der Waals surface area contributed by atoms with Crippen molar-refractivity contribution in [3.63, 3.8) is 0 Å². The van der Waals surface area contributed by atoms with Gasteiger partial charge in [0.15, 0.2) is 11.7 Å². The third-order valence-corrected chi connectivity index (χ3v) is 4.00. The van der Waals surface area contributed by atoms with Crippen LogP contribution >= 0.6 is 0 Å². The number of nitrogens with one attached hydrogen (secondary N) is 1. The minimum absolute atomic E-state index is 0.0430. The Labute approximate surface area is 151 Å². The lowest BCUT2D eigenvalue weighted by atomic mass is 10.1. The Kier molecular flexibility index (Phi) is 5.63. The van der Waals surface area contributed by atoms with E-state index in [0.29, 0.717) is 17.8 Å². The van der Waals surface area contributed by atoms with Crippen LogP contribution in [0.4, 0.5) is 0 Å². The fourth-order valence-electron chi connectivity index (χ4n) is 2.61. The van der Waals surface area contributed by atoms with Crippen molar-refractivity contribution < 1.29 is 18.8 Å². The summed E-state index contributed by atoms with van der Waals surface area (Å²) in [5.74, 6) is -0.839. The van der Waals surface area contributed by atoms with Crippen molar-refractivity contribution in [3.8, 4) is 0 Å². The molecule has 0 aliphatic heterocycles. The van der Waals surface area contributed by atoms with Crippen LogP contribution in [0.25, 0.3) is 11.0 Å². The van der Waals surface area contributed by atoms with Gasteiger partial charge < -0.3 is 14.6 Å². The largest absolute Gasteiger partial charge is 0.452 e. The standard InChI is InChI=1S/C20H20N2O4/c1-14(20(24)21-12-11-15-7-3-2-4-8-15)25-19(23)13-17-16-9-5-6-10-18(16)26-22-17/h2-10,14H,11-13H2,1H3,(H,21,24)/t14-/m0/s1. The quantitative estimate of drug-likeness (QED) is 0.661. The lowest BCUT2D eigenvalue weighted by Crippen LogP contribution is -2.37. The van der Waals surface area contributed by atoms with E-state index in [1.807, 2.05) is 48.5 Å². The molecule has 0 aliphatic carbocycles. The molecule has 0 unspecified atom stereocenters. The van der Waals surface area contributed by atoms with Gasteiger partial charge in [-0.05, 0) is 31.0 Å². The van der Waals surface area contributed by atoms with E-state index < -0.39 is 12.1 Å². The number of ether oxygens (including phenoxy) is 1. The summed E-state index contributed by atoms with van der Waals surface area (Å²) in [5.41, 5.74) is 2.25. The lowest BCUT2D eigenvalue weighted by molar-refractivity contribution is -0.154. The van der Waals surface area contributed by atoms with E-state index in [1.165, 1.54) is 0 Å². The van der Waals surface area contributed by atoms with Gasteiger partial charge in [-0.1, -0.05) is 47.6 Å². The molecule has 6 heteroatoms. The molecule has 0 bridgehead atoms. The van der Waals surface area contributed by atoms with Crippen LogP contribution in [-0.4, -0.2) is 29.7 Å². The molecule has 0 saturated carbocycles. The van der Waals surface area contributed by atoms with Gasteiger partial charge in [-0.25, -0.2) is 0 Å². The van der Waals surface area contributed by atoms with Gasteiger partial charge in [0.1, 0.15) is 5.69 Å². The third-order valence-electron chi connectivity index (χ3n) is 4.00. The molecule has 0 spiro atoms. The summed E-state index contributed by atoms with van der Waals surface area (Å²) in [6.45, 7) is 2.04. The van der Waals surface area contributed by atoms with Crippen LogP contribution in [0.1, 0.15) is 18.2 Å². The van der Waals surface area contributed by atoms with Crippen molar-refractivity contribution in [3.05, 3.63) is 65.9 Å². The van der Waals surface area contributed by atoms with Gasteiger partial charge in [-0.15, -0.1) is 0 Å². The second kappa shape index (κ2) is 8.29. The van der Waals surface area contributed by atoms with Gasteiger partial charge in [-0.2, -0.15) is 0 Å². The number of hydrogen-bond acceptors (Lipinski definition) is 5. The minimum Gasteiger partial charge on any atom is -0.452 e. The number of nitrogens with zero attached hydrogens (tertiary/aromatic N) is 1. The Morgan fingerprint density at radius 2 is 1.85 bits per heavy atom. The molecule has 0 radical (unpaired) electrons. The summed E-state index contributed by atoms with van der Waals surface area (Å²) in [4.78, 5) is 24.1. The van der Waals surface area contributed by atoms with Crippen molar-refractivity contribution in [2.45, 2.75) is 25.9 Å². The highest BCUT2D eigenvalue weighted by molar-refractivity contribution is 5.86. The van der Waals surface area contributed by atoms with Gasteiger partial charge in [-0.3, -0.25) is 9.59 Å². The maximum Gasteiger partial charge on any atom is 0.312 e. The second-order valence-corrected chi connectivity index (χ2v) is 5.96. The molecule has 0 fully saturated rings. The van der Waals surface area contributed by atoms with Gasteiger partial charge in [0.25, 0.3) is 5.91 Å². The van der Waals surface area contributed by atoms with E-state index in [1.54, 1.807) is 13.0 Å². The number of para-hydroxylation sites is 1. The first kappa shape index (κ1) is 17.7. The zero-order valence-electron chi connectivity index (χ0n) is 14.5. The highest BCUT2D eigenvalue weighted by atomic mass is 16.5. The molecule has 6 nitrogen and oxygen atoms in total. The monoisotopic (exact) mass is 352 g/mol. The van der Waals surface area contributed by atoms with Crippen molar-refractivity contribution in [2.75, 3.05) is 6.54 Å². The summed E-state index contributed by atoms with van der Waals surface area (Å²) in [6, 6.07) is 17.1. The van der Waals surface area contributed by atoms with E-state index in [0.717, 1.165) is 17.4 Å². The molecule has 1 atom stereocenters. The summed E-state index contributed by atoms with van der Waals surface area (Å²) in [7, 11) is 0. The molecule has 3 rings (SSSR count). The average molecular weight is 352 g/mol. The molecule has 1 N–H and O–H groups in total. The van der Waals surface area contributed by atoms with E-state index in [9.17, 15) is 9.59 Å². The van der Waals surface area contributed by atoms with Crippen molar-refractivity contribution in [1.82, 2.24) is 10.5 Å². The topological polar surface area (TPSA) is 81.4 Å². The number of amides is 1. The van der Waals surface area contributed by atoms with Crippen LogP contribution in [0.2, 0.25) is 0 Å². The predicted octanol–water partition coefficient (Wildman–Crippen LogP) is 2.66. The van der Waals surface area contributed by atoms with Crippen LogP contribution in [-0.2, 0) is 27.2 Å². The first-order chi connectivity index (χ1) is 12.6. The van der Waals surface area contributed by atoms with E-state index in [-0.39, 0.29) is 12.3 Å². The summed E-state index contributed by atoms with van der Waals surface area (Å²) in [6.07, 6.45) is -0.187. The SMILES string of the molecule is C[C@H](OC(=O)Cc1noc2ccccc12)C(=O)NCCc1ccccc1. The zero-order valence-corrected chi connectivity index (χ0v) is 14.5. The smallest absolute Gasteiger partial charge is 0.312 e. The van der Waals surface area contributed by atoms with Crippen LogP contribution < -0.4 is 5.32 Å². The first-order valence-corrected chi connectivity index (χ1v) is 8.48. The van der Waals surface area contributed by atoms with Crippen molar-refractivity contribution in [1.29, 1.82) is 0 Å². The molecule has 2 aromatic carbocycles. The summed E-state index contributed by atoms with van der Waals surface area (Å²) in [5, 5.41) is 7.44. The van der Waals surface area contributed by atoms with Crippen LogP contribution in [0.5, 0.6) is 0 Å². The summed E-state index contributed by atoms with van der Waals surface area (Å²) < 4.78 is 10.4. The van der Waals surface area contributed by atoms with Gasteiger partial charge in [0.2, 0.25) is 0 Å². The molecule has 0 saturated heterocycles. The molecule has 26 heavy (non-hydrogen) atoms. The van der Waals surface area contributed by atoms with E-state index >= 15 is 0 Å². The molecule has 3 aromatic rings. The van der Waals surface area contributed by atoms with Gasteiger partial charge in [0.05, 0.1) is 6.42 Å². The fourth-order valence-corrected chi connectivity index (χ4v) is 2.61. The highest BCUT2D eigenvalue weighted by Crippen LogP contribution is 2.18. The Morgan fingerprint density at radius 1 is 1.12 bits per heavy atom. The Morgan fingerprint density at radius 3 is 2.65 bits per heavy atom. The first-order valence-electron chi connectivity index (χ1n) is 8.48. The molecule has 1 amide bonds. The Balaban J connectivity index is 1.46. The molecule has 134 valence electrons. The number of rotatable bonds is 7. The maximum absolute atomic E-state index is 12.1. The summed E-state index contributed by atoms with van der Waals surface area (Å²) >= 11 is 0. The minimum atomic E-state index is -0.864. The molecular weight excluding hydrogens is 332 g/mol. The number of aromatic nitrogens is 1. The zero-order chi connectivity index (χ0) is 18.4. The Bertz CT molecular complexity index is 889. The number of esters is 1. The van der Waals surface area contributed by atoms with E-state index in [2.05, 4.69) is 10.5 Å². The highest BCUT2D eigenvalue weighted by Gasteiger charge is 2.19. The molecule has 1 aromatic heterocycles. The van der Waals surface area contributed by atoms with Crippen LogP contribution in [0, 0.1) is 0 Å². The number of hydrogen-bond donors (Lipinski definition) is 1. The molecule has 1 heterocycles. The normalized spacial score (nSPS) is 11.9. The number of carbonyl (C=O) groups is 2. The Hall–Kier alpha value is -3.15. The van der Waals surface area contributed by atoms with Crippen LogP contribution in [0.3, 0.4) is 0 Å². The van der Waals surface area contributed by atoms with Crippen LogP contribution in [0.15, 0.2) is 59.1 Å². The lowest BCUT2D eigenvalue weighted by Gasteiger charge is -2.13. The number of carbonyl (C=O) groups excluding carboxylic acids is 2. The van der Waals surface area contributed by atoms with E-state index in [4.69, 9.17) is 9.26 Å². The molecule has 0 aliphatic rings. The second-order valence-electron chi connectivity index (χ2n) is 5.96. The molecular formula is C20H20N2O4. The maximum atomic E-state index is 12.1. The van der Waals surface area contributed by atoms with Gasteiger partial charge >= 0.3 is 5.97 Å². The van der Waals surface area contributed by atoms with Crippen molar-refractivity contribution >= 4 is 22.8 Å². The number of benzene rings is 2. The van der Waals surface area contributed by atoms with Gasteiger partial charge in [0, 0.05) is 11.9 Å². The number of fused-ring (bicyclic) bond motifs is 1. The fraction of sp³-hybridized carbons (Fsp3) is 0.250. The predicted molar refractivity (Wildman–Crippen MR) is 96.4 cm³/mol. The average Bonchev–Trinajstić information content (AvgIpc) is 3.05. The van der Waals surface area contributed by atoms with Crippen molar-refractivity contribution in [2.24, 2.45) is 0 Å². The third kappa shape index (κ3) is 4.47.